The van der Waals surface area contributed by atoms with Gasteiger partial charge in [0.15, 0.2) is 0 Å². The standard InChI is InChI=1S/C19H28N2O3S/c1-15-12-16(2)14-20(13-15)19(22)17-8-10-21(11-9-17)25(23,24)18-6-4-3-5-7-18/h3-7,15-17H,8-14H2,1-2H3. The summed E-state index contributed by atoms with van der Waals surface area (Å²) in [6.07, 6.45) is 2.41. The van der Waals surface area contributed by atoms with Gasteiger partial charge in [0.1, 0.15) is 0 Å². The van der Waals surface area contributed by atoms with E-state index in [2.05, 4.69) is 13.8 Å². The number of nitrogens with zero attached hydrogens (tertiary/aromatic N) is 2. The lowest BCUT2D eigenvalue weighted by atomic mass is 9.89. The zero-order valence-corrected chi connectivity index (χ0v) is 15.9. The highest BCUT2D eigenvalue weighted by atomic mass is 32.2. The number of carbonyl (C=O) groups excluding carboxylic acids is 1. The predicted molar refractivity (Wildman–Crippen MR) is 97.4 cm³/mol. The van der Waals surface area contributed by atoms with Crippen LogP contribution >= 0.6 is 0 Å². The lowest BCUT2D eigenvalue weighted by molar-refractivity contribution is -0.139. The third kappa shape index (κ3) is 4.06. The molecule has 2 unspecified atom stereocenters. The molecule has 0 N–H and O–H groups in total. The van der Waals surface area contributed by atoms with Crippen LogP contribution in [-0.4, -0.2) is 49.7 Å². The second-order valence-corrected chi connectivity index (χ2v) is 9.62. The van der Waals surface area contributed by atoms with Gasteiger partial charge in [-0.25, -0.2) is 8.42 Å². The molecule has 6 heteroatoms. The molecule has 1 amide bonds. The molecular weight excluding hydrogens is 336 g/mol. The first-order chi connectivity index (χ1) is 11.9. The summed E-state index contributed by atoms with van der Waals surface area (Å²) in [5, 5.41) is 0. The van der Waals surface area contributed by atoms with E-state index in [0.29, 0.717) is 42.7 Å². The van der Waals surface area contributed by atoms with Crippen molar-refractivity contribution in [3.63, 3.8) is 0 Å². The lowest BCUT2D eigenvalue weighted by Gasteiger charge is -2.39. The van der Waals surface area contributed by atoms with Crippen LogP contribution in [0.15, 0.2) is 35.2 Å². The molecule has 2 atom stereocenters. The Morgan fingerprint density at radius 1 is 1.00 bits per heavy atom. The number of hydrogen-bond donors (Lipinski definition) is 0. The Morgan fingerprint density at radius 3 is 2.12 bits per heavy atom. The normalized spacial score (nSPS) is 26.6. The van der Waals surface area contributed by atoms with Gasteiger partial charge < -0.3 is 4.90 Å². The third-order valence-corrected chi connectivity index (χ3v) is 7.28. The monoisotopic (exact) mass is 364 g/mol. The molecule has 25 heavy (non-hydrogen) atoms. The third-order valence-electron chi connectivity index (χ3n) is 5.36. The number of benzene rings is 1. The van der Waals surface area contributed by atoms with E-state index in [1.165, 1.54) is 10.7 Å². The van der Waals surface area contributed by atoms with E-state index in [9.17, 15) is 13.2 Å². The van der Waals surface area contributed by atoms with Crippen LogP contribution in [0.4, 0.5) is 0 Å². The van der Waals surface area contributed by atoms with Crippen LogP contribution in [0.2, 0.25) is 0 Å². The largest absolute Gasteiger partial charge is 0.342 e. The van der Waals surface area contributed by atoms with Crippen molar-refractivity contribution in [1.29, 1.82) is 0 Å². The van der Waals surface area contributed by atoms with E-state index in [4.69, 9.17) is 0 Å². The van der Waals surface area contributed by atoms with Gasteiger partial charge in [0.05, 0.1) is 4.90 Å². The molecular formula is C19H28N2O3S. The van der Waals surface area contributed by atoms with Gasteiger partial charge in [-0.05, 0) is 43.2 Å². The number of rotatable bonds is 3. The number of hydrogen-bond acceptors (Lipinski definition) is 3. The maximum atomic E-state index is 12.8. The van der Waals surface area contributed by atoms with Crippen LogP contribution < -0.4 is 0 Å². The highest BCUT2D eigenvalue weighted by Crippen LogP contribution is 2.28. The molecule has 0 saturated carbocycles. The minimum absolute atomic E-state index is 0.0419. The summed E-state index contributed by atoms with van der Waals surface area (Å²) in [5.41, 5.74) is 0. The second kappa shape index (κ2) is 7.46. The van der Waals surface area contributed by atoms with Crippen molar-refractivity contribution in [3.05, 3.63) is 30.3 Å². The van der Waals surface area contributed by atoms with Gasteiger partial charge in [0.2, 0.25) is 15.9 Å². The van der Waals surface area contributed by atoms with Gasteiger partial charge in [0.25, 0.3) is 0 Å². The summed E-state index contributed by atoms with van der Waals surface area (Å²) in [5.74, 6) is 1.27. The average Bonchev–Trinajstić information content (AvgIpc) is 2.61. The Hall–Kier alpha value is -1.40. The summed E-state index contributed by atoms with van der Waals surface area (Å²) in [4.78, 5) is 15.2. The number of sulfonamides is 1. The SMILES string of the molecule is CC1CC(C)CN(C(=O)C2CCN(S(=O)(=O)c3ccccc3)CC2)C1. The number of likely N-dealkylation sites (tertiary alicyclic amines) is 1. The van der Waals surface area contributed by atoms with Gasteiger partial charge in [-0.3, -0.25) is 4.79 Å². The van der Waals surface area contributed by atoms with Crippen LogP contribution in [0.5, 0.6) is 0 Å². The van der Waals surface area contributed by atoms with Gasteiger partial charge in [-0.15, -0.1) is 0 Å². The molecule has 5 nitrogen and oxygen atoms in total. The fourth-order valence-electron chi connectivity index (χ4n) is 4.19. The van der Waals surface area contributed by atoms with Crippen molar-refractivity contribution < 1.29 is 13.2 Å². The fraction of sp³-hybridized carbons (Fsp3) is 0.632. The smallest absolute Gasteiger partial charge is 0.243 e. The molecule has 0 bridgehead atoms. The van der Waals surface area contributed by atoms with Crippen LogP contribution in [0.1, 0.15) is 33.1 Å². The van der Waals surface area contributed by atoms with Gasteiger partial charge in [0, 0.05) is 32.1 Å². The first kappa shape index (κ1) is 18.4. The Labute approximate surface area is 151 Å². The van der Waals surface area contributed by atoms with Crippen molar-refractivity contribution in [2.45, 2.75) is 38.0 Å². The number of carbonyl (C=O) groups is 1. The summed E-state index contributed by atoms with van der Waals surface area (Å²) in [7, 11) is -3.45. The molecule has 1 aromatic carbocycles. The van der Waals surface area contributed by atoms with Gasteiger partial charge in [-0.2, -0.15) is 4.31 Å². The van der Waals surface area contributed by atoms with Gasteiger partial charge in [-0.1, -0.05) is 32.0 Å². The Balaban J connectivity index is 1.61. The van der Waals surface area contributed by atoms with Crippen molar-refractivity contribution in [2.24, 2.45) is 17.8 Å². The number of amides is 1. The fourth-order valence-corrected chi connectivity index (χ4v) is 5.68. The minimum Gasteiger partial charge on any atom is -0.342 e. The summed E-state index contributed by atoms with van der Waals surface area (Å²) >= 11 is 0. The summed E-state index contributed by atoms with van der Waals surface area (Å²) in [6.45, 7) is 6.92. The topological polar surface area (TPSA) is 57.7 Å². The predicted octanol–water partition coefficient (Wildman–Crippen LogP) is 2.59. The molecule has 0 aliphatic carbocycles. The van der Waals surface area contributed by atoms with E-state index in [1.54, 1.807) is 24.3 Å². The highest BCUT2D eigenvalue weighted by molar-refractivity contribution is 7.89. The van der Waals surface area contributed by atoms with Gasteiger partial charge >= 0.3 is 0 Å². The zero-order chi connectivity index (χ0) is 18.0. The molecule has 2 saturated heterocycles. The Kier molecular flexibility index (Phi) is 5.49. The highest BCUT2D eigenvalue weighted by Gasteiger charge is 2.35. The minimum atomic E-state index is -3.45. The Bertz CT molecular complexity index is 687. The van der Waals surface area contributed by atoms with Crippen LogP contribution in [0.3, 0.4) is 0 Å². The van der Waals surface area contributed by atoms with Crippen LogP contribution in [-0.2, 0) is 14.8 Å². The zero-order valence-electron chi connectivity index (χ0n) is 15.1. The first-order valence-corrected chi connectivity index (χ1v) is 10.7. The molecule has 2 aliphatic heterocycles. The van der Waals surface area contributed by atoms with Crippen LogP contribution in [0.25, 0.3) is 0 Å². The summed E-state index contributed by atoms with van der Waals surface area (Å²) in [6, 6.07) is 8.54. The van der Waals surface area contributed by atoms with Crippen molar-refractivity contribution in [2.75, 3.05) is 26.2 Å². The Morgan fingerprint density at radius 2 is 1.56 bits per heavy atom. The molecule has 3 rings (SSSR count). The first-order valence-electron chi connectivity index (χ1n) is 9.22. The van der Waals surface area contributed by atoms with E-state index in [1.807, 2.05) is 11.0 Å². The van der Waals surface area contributed by atoms with E-state index < -0.39 is 10.0 Å². The van der Waals surface area contributed by atoms with E-state index in [-0.39, 0.29) is 11.8 Å². The molecule has 2 fully saturated rings. The molecule has 2 aliphatic rings. The van der Waals surface area contributed by atoms with Crippen LogP contribution in [0, 0.1) is 17.8 Å². The lowest BCUT2D eigenvalue weighted by Crippen LogP contribution is -2.48. The summed E-state index contributed by atoms with van der Waals surface area (Å²) < 4.78 is 26.9. The second-order valence-electron chi connectivity index (χ2n) is 7.68. The molecule has 138 valence electrons. The van der Waals surface area contributed by atoms with Crippen molar-refractivity contribution in [1.82, 2.24) is 9.21 Å². The number of piperidine rings is 2. The molecule has 1 aromatic rings. The average molecular weight is 365 g/mol. The quantitative estimate of drug-likeness (QED) is 0.828. The maximum absolute atomic E-state index is 12.8. The van der Waals surface area contributed by atoms with Crippen molar-refractivity contribution >= 4 is 15.9 Å². The molecule has 2 heterocycles. The molecule has 0 aromatic heterocycles. The maximum Gasteiger partial charge on any atom is 0.243 e. The van der Waals surface area contributed by atoms with E-state index in [0.717, 1.165) is 13.1 Å². The van der Waals surface area contributed by atoms with E-state index >= 15 is 0 Å². The molecule has 0 radical (unpaired) electrons. The van der Waals surface area contributed by atoms with Crippen molar-refractivity contribution in [3.8, 4) is 0 Å². The molecule has 0 spiro atoms.